The molecule has 2 rings (SSSR count). The molecule has 1 N–H and O–H groups in total. The molecule has 1 aromatic carbocycles. The molecular weight excluding hydrogens is 229 g/mol. The van der Waals surface area contributed by atoms with Gasteiger partial charge in [-0.05, 0) is 38.6 Å². The first-order valence-corrected chi connectivity index (χ1v) is 5.97. The Balaban J connectivity index is 2.25. The first-order valence-electron chi connectivity index (χ1n) is 5.97. The number of aromatic nitrogens is 2. The van der Waals surface area contributed by atoms with E-state index in [2.05, 4.69) is 28.7 Å². The fraction of sp³-hybridized carbons (Fsp3) is 0.357. The molecule has 1 aromatic heterocycles. The summed E-state index contributed by atoms with van der Waals surface area (Å²) in [7, 11) is 1.93. The van der Waals surface area contributed by atoms with E-state index in [-0.39, 0.29) is 11.4 Å². The van der Waals surface area contributed by atoms with E-state index in [4.69, 9.17) is 0 Å². The summed E-state index contributed by atoms with van der Waals surface area (Å²) in [4.78, 5) is 4.20. The normalized spacial score (nSPS) is 11.8. The Morgan fingerprint density at radius 3 is 2.56 bits per heavy atom. The molecule has 0 spiro atoms. The Bertz CT molecular complexity index is 514. The zero-order chi connectivity index (χ0) is 13.2. The zero-order valence-electron chi connectivity index (χ0n) is 10.9. The molecule has 0 fully saturated rings. The van der Waals surface area contributed by atoms with Gasteiger partial charge in [0.25, 0.3) is 0 Å². The summed E-state index contributed by atoms with van der Waals surface area (Å²) < 4.78 is 14.9. The van der Waals surface area contributed by atoms with Gasteiger partial charge in [-0.3, -0.25) is 0 Å². The Morgan fingerprint density at radius 2 is 1.94 bits per heavy atom. The van der Waals surface area contributed by atoms with Gasteiger partial charge in [-0.25, -0.2) is 9.37 Å². The molecule has 0 saturated heterocycles. The number of rotatable bonds is 4. The Hall–Kier alpha value is -1.68. The van der Waals surface area contributed by atoms with Crippen LogP contribution >= 0.6 is 0 Å². The highest BCUT2D eigenvalue weighted by Crippen LogP contribution is 2.20. The van der Waals surface area contributed by atoms with E-state index in [0.717, 1.165) is 11.3 Å². The van der Waals surface area contributed by atoms with Gasteiger partial charge in [-0.1, -0.05) is 12.1 Å². The third-order valence-electron chi connectivity index (χ3n) is 3.24. The molecular formula is C14H18FN3. The lowest BCUT2D eigenvalue weighted by molar-refractivity contribution is 0.413. The monoisotopic (exact) mass is 247 g/mol. The van der Waals surface area contributed by atoms with E-state index >= 15 is 0 Å². The van der Waals surface area contributed by atoms with Crippen LogP contribution in [0.2, 0.25) is 0 Å². The minimum absolute atomic E-state index is 0.142. The number of benzene rings is 1. The molecule has 18 heavy (non-hydrogen) atoms. The highest BCUT2D eigenvalue weighted by Gasteiger charge is 2.21. The van der Waals surface area contributed by atoms with Gasteiger partial charge >= 0.3 is 0 Å². The molecule has 0 bridgehead atoms. The smallest absolute Gasteiger partial charge is 0.123 e. The zero-order valence-corrected chi connectivity index (χ0v) is 10.9. The molecule has 2 aromatic rings. The third-order valence-corrected chi connectivity index (χ3v) is 3.24. The predicted molar refractivity (Wildman–Crippen MR) is 69.8 cm³/mol. The summed E-state index contributed by atoms with van der Waals surface area (Å²) in [5, 5.41) is 3.26. The summed E-state index contributed by atoms with van der Waals surface area (Å²) in [6, 6.07) is 6.56. The highest BCUT2D eigenvalue weighted by molar-refractivity contribution is 5.19. The van der Waals surface area contributed by atoms with Crippen molar-refractivity contribution in [3.63, 3.8) is 0 Å². The summed E-state index contributed by atoms with van der Waals surface area (Å²) >= 11 is 0. The van der Waals surface area contributed by atoms with Crippen molar-refractivity contribution in [3.05, 3.63) is 53.9 Å². The van der Waals surface area contributed by atoms with Crippen molar-refractivity contribution in [2.75, 3.05) is 7.05 Å². The second kappa shape index (κ2) is 4.90. The van der Waals surface area contributed by atoms with Crippen molar-refractivity contribution >= 4 is 0 Å². The van der Waals surface area contributed by atoms with Gasteiger partial charge in [0.05, 0.1) is 23.8 Å². The predicted octanol–water partition coefficient (Wildman–Crippen LogP) is 2.53. The summed E-state index contributed by atoms with van der Waals surface area (Å²) in [5.41, 5.74) is 2.02. The summed E-state index contributed by atoms with van der Waals surface area (Å²) in [6.45, 7) is 4.90. The number of halogens is 1. The van der Waals surface area contributed by atoms with Crippen molar-refractivity contribution in [2.24, 2.45) is 0 Å². The summed E-state index contributed by atoms with van der Waals surface area (Å²) in [6.07, 6.45) is 3.66. The van der Waals surface area contributed by atoms with Crippen LogP contribution in [0.15, 0.2) is 36.8 Å². The van der Waals surface area contributed by atoms with Gasteiger partial charge in [-0.2, -0.15) is 0 Å². The summed E-state index contributed by atoms with van der Waals surface area (Å²) in [5.74, 6) is -0.208. The molecule has 0 saturated carbocycles. The lowest BCUT2D eigenvalue weighted by atomic mass is 10.0. The maximum atomic E-state index is 12.9. The van der Waals surface area contributed by atoms with Crippen LogP contribution in [-0.4, -0.2) is 16.6 Å². The molecule has 0 radical (unpaired) electrons. The largest absolute Gasteiger partial charge is 0.328 e. The minimum Gasteiger partial charge on any atom is -0.328 e. The number of nitrogens with one attached hydrogen (secondary N) is 1. The molecule has 0 aliphatic heterocycles. The Morgan fingerprint density at radius 1 is 1.28 bits per heavy atom. The van der Waals surface area contributed by atoms with Crippen LogP contribution in [0.3, 0.4) is 0 Å². The second-order valence-electron chi connectivity index (χ2n) is 4.91. The Labute approximate surface area is 107 Å². The third kappa shape index (κ3) is 2.59. The molecule has 4 heteroatoms. The van der Waals surface area contributed by atoms with Crippen LogP contribution in [0.25, 0.3) is 0 Å². The van der Waals surface area contributed by atoms with Crippen LogP contribution in [-0.2, 0) is 12.1 Å². The SMILES string of the molecule is CNC(C)(C)c1cncn1Cc1ccc(F)cc1. The first-order chi connectivity index (χ1) is 8.53. The molecule has 0 aliphatic carbocycles. The fourth-order valence-electron chi connectivity index (χ4n) is 1.88. The molecule has 0 aliphatic rings. The standard InChI is InChI=1S/C14H18FN3/c1-14(2,16-3)13-8-17-10-18(13)9-11-4-6-12(15)7-5-11/h4-8,10,16H,9H2,1-3H3. The fourth-order valence-corrected chi connectivity index (χ4v) is 1.88. The first kappa shape index (κ1) is 12.8. The molecule has 0 atom stereocenters. The van der Waals surface area contributed by atoms with Crippen LogP contribution in [0.5, 0.6) is 0 Å². The number of hydrogen-bond donors (Lipinski definition) is 1. The van der Waals surface area contributed by atoms with Crippen molar-refractivity contribution in [3.8, 4) is 0 Å². The van der Waals surface area contributed by atoms with Crippen molar-refractivity contribution in [1.82, 2.24) is 14.9 Å². The van der Waals surface area contributed by atoms with Gasteiger partial charge in [0.2, 0.25) is 0 Å². The quantitative estimate of drug-likeness (QED) is 0.899. The van der Waals surface area contributed by atoms with Crippen LogP contribution in [0, 0.1) is 5.82 Å². The molecule has 1 heterocycles. The van der Waals surface area contributed by atoms with Gasteiger partial charge in [0, 0.05) is 6.54 Å². The Kier molecular flexibility index (Phi) is 3.48. The second-order valence-corrected chi connectivity index (χ2v) is 4.91. The van der Waals surface area contributed by atoms with Crippen molar-refractivity contribution in [1.29, 1.82) is 0 Å². The molecule has 3 nitrogen and oxygen atoms in total. The average molecular weight is 247 g/mol. The van der Waals surface area contributed by atoms with Crippen molar-refractivity contribution in [2.45, 2.75) is 25.9 Å². The minimum atomic E-state index is -0.208. The van der Waals surface area contributed by atoms with Crippen LogP contribution < -0.4 is 5.32 Å². The van der Waals surface area contributed by atoms with E-state index in [1.54, 1.807) is 18.5 Å². The number of imidazole rings is 1. The van der Waals surface area contributed by atoms with E-state index in [9.17, 15) is 4.39 Å². The van der Waals surface area contributed by atoms with E-state index in [1.165, 1.54) is 12.1 Å². The molecule has 96 valence electrons. The van der Waals surface area contributed by atoms with Crippen LogP contribution in [0.4, 0.5) is 4.39 Å². The van der Waals surface area contributed by atoms with Crippen LogP contribution in [0.1, 0.15) is 25.1 Å². The number of hydrogen-bond acceptors (Lipinski definition) is 2. The molecule has 0 amide bonds. The highest BCUT2D eigenvalue weighted by atomic mass is 19.1. The lowest BCUT2D eigenvalue weighted by Crippen LogP contribution is -2.35. The number of nitrogens with zero attached hydrogens (tertiary/aromatic N) is 2. The maximum absolute atomic E-state index is 12.9. The van der Waals surface area contributed by atoms with E-state index in [1.807, 2.05) is 13.2 Å². The van der Waals surface area contributed by atoms with Gasteiger partial charge in [0.1, 0.15) is 5.82 Å². The van der Waals surface area contributed by atoms with E-state index < -0.39 is 0 Å². The van der Waals surface area contributed by atoms with Gasteiger partial charge in [0.15, 0.2) is 0 Å². The van der Waals surface area contributed by atoms with Gasteiger partial charge in [-0.15, -0.1) is 0 Å². The topological polar surface area (TPSA) is 29.9 Å². The van der Waals surface area contributed by atoms with Gasteiger partial charge < -0.3 is 9.88 Å². The van der Waals surface area contributed by atoms with Crippen molar-refractivity contribution < 1.29 is 4.39 Å². The maximum Gasteiger partial charge on any atom is 0.123 e. The molecule has 0 unspecified atom stereocenters. The van der Waals surface area contributed by atoms with E-state index in [0.29, 0.717) is 6.54 Å². The average Bonchev–Trinajstić information content (AvgIpc) is 2.81. The lowest BCUT2D eigenvalue weighted by Gasteiger charge is -2.25.